The summed E-state index contributed by atoms with van der Waals surface area (Å²) in [5.74, 6) is 0. The van der Waals surface area contributed by atoms with Crippen molar-refractivity contribution in [3.05, 3.63) is 23.7 Å². The van der Waals surface area contributed by atoms with Crippen LogP contribution < -0.4 is 0 Å². The van der Waals surface area contributed by atoms with Crippen molar-refractivity contribution in [1.82, 2.24) is 19.6 Å². The predicted octanol–water partition coefficient (Wildman–Crippen LogP) is 2.79. The van der Waals surface area contributed by atoms with Gasteiger partial charge >= 0.3 is 0 Å². The van der Waals surface area contributed by atoms with Crippen molar-refractivity contribution in [2.24, 2.45) is 0 Å². The zero-order chi connectivity index (χ0) is 12.4. The van der Waals surface area contributed by atoms with E-state index in [1.807, 2.05) is 10.9 Å². The average molecular weight is 232 g/mol. The highest BCUT2D eigenvalue weighted by Crippen LogP contribution is 2.26. The van der Waals surface area contributed by atoms with E-state index < -0.39 is 0 Å². The fraction of sp³-hybridized carbons (Fsp3) is 0.538. The summed E-state index contributed by atoms with van der Waals surface area (Å²) < 4.78 is 4.12. The van der Waals surface area contributed by atoms with Gasteiger partial charge in [0.25, 0.3) is 0 Å². The molecular weight excluding hydrogens is 212 g/mol. The largest absolute Gasteiger partial charge is 0.269 e. The summed E-state index contributed by atoms with van der Waals surface area (Å²) in [6, 6.07) is 2.07. The maximum atomic E-state index is 4.61. The van der Waals surface area contributed by atoms with Gasteiger partial charge in [-0.1, -0.05) is 6.92 Å². The second kappa shape index (κ2) is 4.73. The molecule has 2 heterocycles. The summed E-state index contributed by atoms with van der Waals surface area (Å²) in [5.41, 5.74) is 4.73. The Hall–Kier alpha value is -1.58. The third-order valence-electron chi connectivity index (χ3n) is 3.09. The highest BCUT2D eigenvalue weighted by Gasteiger charge is 2.15. The molecule has 0 spiro atoms. The first-order valence-electron chi connectivity index (χ1n) is 6.25. The monoisotopic (exact) mass is 232 g/mol. The molecule has 0 bridgehead atoms. The summed E-state index contributed by atoms with van der Waals surface area (Å²) in [6.45, 7) is 10.4. The number of nitrogens with zero attached hydrogens (tertiary/aromatic N) is 4. The molecule has 0 saturated heterocycles. The Bertz CT molecular complexity index is 507. The van der Waals surface area contributed by atoms with Crippen LogP contribution >= 0.6 is 0 Å². The van der Waals surface area contributed by atoms with Crippen molar-refractivity contribution in [1.29, 1.82) is 0 Å². The first-order chi connectivity index (χ1) is 8.19. The van der Waals surface area contributed by atoms with Crippen LogP contribution in [0.3, 0.4) is 0 Å². The van der Waals surface area contributed by atoms with E-state index in [0.29, 0.717) is 0 Å². The Morgan fingerprint density at radius 1 is 1.18 bits per heavy atom. The zero-order valence-electron chi connectivity index (χ0n) is 11.1. The van der Waals surface area contributed by atoms with Gasteiger partial charge in [0.1, 0.15) is 0 Å². The lowest BCUT2D eigenvalue weighted by Crippen LogP contribution is -2.02. The third kappa shape index (κ3) is 1.99. The van der Waals surface area contributed by atoms with Crippen LogP contribution in [0.5, 0.6) is 0 Å². The number of hydrogen-bond acceptors (Lipinski definition) is 2. The van der Waals surface area contributed by atoms with E-state index in [0.717, 1.165) is 25.2 Å². The molecule has 0 N–H and O–H groups in total. The van der Waals surface area contributed by atoms with Gasteiger partial charge in [0.2, 0.25) is 0 Å². The minimum absolute atomic E-state index is 0.889. The summed E-state index contributed by atoms with van der Waals surface area (Å²) in [7, 11) is 0. The summed E-state index contributed by atoms with van der Waals surface area (Å²) in [4.78, 5) is 0. The molecule has 0 aliphatic carbocycles. The molecule has 17 heavy (non-hydrogen) atoms. The highest BCUT2D eigenvalue weighted by molar-refractivity contribution is 5.65. The lowest BCUT2D eigenvalue weighted by molar-refractivity contribution is 0.583. The van der Waals surface area contributed by atoms with Crippen LogP contribution in [-0.4, -0.2) is 19.6 Å². The van der Waals surface area contributed by atoms with E-state index >= 15 is 0 Å². The van der Waals surface area contributed by atoms with Gasteiger partial charge in [0.05, 0.1) is 11.4 Å². The molecule has 2 aromatic rings. The molecule has 4 nitrogen and oxygen atoms in total. The smallest absolute Gasteiger partial charge is 0.0719 e. The maximum Gasteiger partial charge on any atom is 0.0719 e. The van der Waals surface area contributed by atoms with Crippen molar-refractivity contribution in [3.63, 3.8) is 0 Å². The Morgan fingerprint density at radius 3 is 2.59 bits per heavy atom. The van der Waals surface area contributed by atoms with Gasteiger partial charge in [0.15, 0.2) is 0 Å². The fourth-order valence-corrected chi connectivity index (χ4v) is 2.29. The molecule has 0 aromatic carbocycles. The van der Waals surface area contributed by atoms with Gasteiger partial charge in [0, 0.05) is 30.5 Å². The molecule has 0 fully saturated rings. The van der Waals surface area contributed by atoms with E-state index in [9.17, 15) is 0 Å². The molecule has 2 rings (SSSR count). The van der Waals surface area contributed by atoms with E-state index in [1.165, 1.54) is 17.0 Å². The molecule has 0 atom stereocenters. The predicted molar refractivity (Wildman–Crippen MR) is 68.9 cm³/mol. The van der Waals surface area contributed by atoms with Crippen LogP contribution in [0.25, 0.3) is 11.3 Å². The van der Waals surface area contributed by atoms with Crippen LogP contribution in [0.4, 0.5) is 0 Å². The van der Waals surface area contributed by atoms with Gasteiger partial charge in [-0.2, -0.15) is 10.2 Å². The van der Waals surface area contributed by atoms with Crippen LogP contribution in [0.15, 0.2) is 12.3 Å². The Balaban J connectivity index is 2.52. The van der Waals surface area contributed by atoms with Crippen LogP contribution in [-0.2, 0) is 13.1 Å². The molecule has 2 aromatic heterocycles. The molecule has 0 aliphatic rings. The van der Waals surface area contributed by atoms with Crippen molar-refractivity contribution >= 4 is 0 Å². The third-order valence-corrected chi connectivity index (χ3v) is 3.09. The van der Waals surface area contributed by atoms with Crippen molar-refractivity contribution in [2.45, 2.75) is 47.2 Å². The highest BCUT2D eigenvalue weighted by atomic mass is 15.3. The fourth-order valence-electron chi connectivity index (χ4n) is 2.29. The van der Waals surface area contributed by atoms with Gasteiger partial charge in [-0.15, -0.1) is 0 Å². The van der Waals surface area contributed by atoms with Crippen molar-refractivity contribution < 1.29 is 0 Å². The minimum Gasteiger partial charge on any atom is -0.269 e. The van der Waals surface area contributed by atoms with E-state index in [1.54, 1.807) is 0 Å². The number of aryl methyl sites for hydroxylation is 3. The Morgan fingerprint density at radius 2 is 1.94 bits per heavy atom. The quantitative estimate of drug-likeness (QED) is 0.812. The standard InChI is InChI=1S/C13H20N4/c1-5-9-17-11(4)13(10(3)15-17)12-7-8-14-16(12)6-2/h7-8H,5-6,9H2,1-4H3. The minimum atomic E-state index is 0.889. The summed E-state index contributed by atoms with van der Waals surface area (Å²) >= 11 is 0. The van der Waals surface area contributed by atoms with Gasteiger partial charge in [-0.05, 0) is 33.3 Å². The maximum absolute atomic E-state index is 4.61. The average Bonchev–Trinajstić information content (AvgIpc) is 2.85. The van der Waals surface area contributed by atoms with Crippen molar-refractivity contribution in [2.75, 3.05) is 0 Å². The van der Waals surface area contributed by atoms with Gasteiger partial charge in [-0.3, -0.25) is 9.36 Å². The number of rotatable bonds is 4. The van der Waals surface area contributed by atoms with Gasteiger partial charge < -0.3 is 0 Å². The first kappa shape index (κ1) is 11.9. The molecule has 0 radical (unpaired) electrons. The summed E-state index contributed by atoms with van der Waals surface area (Å²) in [6.07, 6.45) is 2.96. The molecule has 0 unspecified atom stereocenters. The van der Waals surface area contributed by atoms with Crippen molar-refractivity contribution in [3.8, 4) is 11.3 Å². The Kier molecular flexibility index (Phi) is 3.31. The molecule has 4 heteroatoms. The Labute approximate surface area is 102 Å². The molecular formula is C13H20N4. The lowest BCUT2D eigenvalue weighted by atomic mass is 10.1. The molecule has 0 aliphatic heterocycles. The molecule has 92 valence electrons. The topological polar surface area (TPSA) is 35.6 Å². The SMILES string of the molecule is CCCn1nc(C)c(-c2ccnn2CC)c1C. The summed E-state index contributed by atoms with van der Waals surface area (Å²) in [5, 5.41) is 8.93. The van der Waals surface area contributed by atoms with E-state index in [2.05, 4.69) is 48.6 Å². The number of hydrogen-bond donors (Lipinski definition) is 0. The van der Waals surface area contributed by atoms with E-state index in [4.69, 9.17) is 0 Å². The second-order valence-corrected chi connectivity index (χ2v) is 4.30. The molecule has 0 saturated carbocycles. The van der Waals surface area contributed by atoms with E-state index in [-0.39, 0.29) is 0 Å². The van der Waals surface area contributed by atoms with Crippen LogP contribution in [0.1, 0.15) is 31.7 Å². The second-order valence-electron chi connectivity index (χ2n) is 4.30. The normalized spacial score (nSPS) is 11.1. The first-order valence-corrected chi connectivity index (χ1v) is 6.25. The zero-order valence-corrected chi connectivity index (χ0v) is 11.1. The molecule has 0 amide bonds. The van der Waals surface area contributed by atoms with Gasteiger partial charge in [-0.25, -0.2) is 0 Å². The lowest BCUT2D eigenvalue weighted by Gasteiger charge is -2.06. The van der Waals surface area contributed by atoms with Crippen LogP contribution in [0, 0.1) is 13.8 Å². The van der Waals surface area contributed by atoms with Crippen LogP contribution in [0.2, 0.25) is 0 Å². The number of aromatic nitrogens is 4.